The van der Waals surface area contributed by atoms with Crippen molar-refractivity contribution >= 4 is 12.4 Å². The van der Waals surface area contributed by atoms with Crippen LogP contribution in [0.25, 0.3) is 0 Å². The second kappa shape index (κ2) is 6.33. The van der Waals surface area contributed by atoms with E-state index in [2.05, 4.69) is 4.99 Å². The molecule has 1 aliphatic heterocycles. The molecule has 112 valence electrons. The molecule has 0 aromatic carbocycles. The van der Waals surface area contributed by atoms with Crippen LogP contribution in [0.2, 0.25) is 0 Å². The fourth-order valence-electron chi connectivity index (χ4n) is 1.73. The summed E-state index contributed by atoms with van der Waals surface area (Å²) in [5.74, 6) is 0. The Kier molecular flexibility index (Phi) is 5.25. The maximum atomic E-state index is 12.2. The van der Waals surface area contributed by atoms with Crippen molar-refractivity contribution in [1.82, 2.24) is 0 Å². The molecule has 1 rings (SSSR count). The van der Waals surface area contributed by atoms with Crippen LogP contribution in [0.3, 0.4) is 0 Å². The van der Waals surface area contributed by atoms with E-state index in [1.807, 2.05) is 32.9 Å². The summed E-state index contributed by atoms with van der Waals surface area (Å²) in [5.41, 5.74) is 0.414. The zero-order chi connectivity index (χ0) is 15.4. The van der Waals surface area contributed by atoms with Gasteiger partial charge >= 0.3 is 6.09 Å². The van der Waals surface area contributed by atoms with E-state index in [-0.39, 0.29) is 16.7 Å². The summed E-state index contributed by atoms with van der Waals surface area (Å²) in [6, 6.07) is 0. The lowest BCUT2D eigenvalue weighted by Gasteiger charge is -2.30. The van der Waals surface area contributed by atoms with Gasteiger partial charge < -0.3 is 9.84 Å². The van der Waals surface area contributed by atoms with E-state index >= 15 is 0 Å². The van der Waals surface area contributed by atoms with Crippen molar-refractivity contribution < 1.29 is 19.1 Å². The third-order valence-corrected chi connectivity index (χ3v) is 2.69. The van der Waals surface area contributed by atoms with Gasteiger partial charge in [-0.15, -0.1) is 0 Å². The Morgan fingerprint density at radius 3 is 2.80 bits per heavy atom. The molecule has 0 aromatic heterocycles. The number of nitrogens with zero attached hydrogens (tertiary/aromatic N) is 2. The maximum absolute atomic E-state index is 12.2. The van der Waals surface area contributed by atoms with Gasteiger partial charge in [0, 0.05) is 11.8 Å². The molecule has 1 aliphatic rings. The van der Waals surface area contributed by atoms with E-state index in [1.54, 1.807) is 26.5 Å². The lowest BCUT2D eigenvalue weighted by atomic mass is 10.1. The summed E-state index contributed by atoms with van der Waals surface area (Å²) in [5, 5.41) is 9.22. The quantitative estimate of drug-likeness (QED) is 0.809. The molecule has 20 heavy (non-hydrogen) atoms. The average Bonchev–Trinajstić information content (AvgIpc) is 2.26. The van der Waals surface area contributed by atoms with E-state index < -0.39 is 5.60 Å². The predicted octanol–water partition coefficient (Wildman–Crippen LogP) is 2.62. The number of likely N-dealkylation sites (N-methyl/N-ethyl adjacent to an activating group) is 1. The highest BCUT2D eigenvalue weighted by molar-refractivity contribution is 5.72. The first kappa shape index (κ1) is 16.6. The molecule has 0 saturated carbocycles. The average molecular weight is 281 g/mol. The molecule has 2 atom stereocenters. The van der Waals surface area contributed by atoms with Crippen molar-refractivity contribution in [3.63, 3.8) is 0 Å². The van der Waals surface area contributed by atoms with Gasteiger partial charge in [-0.3, -0.25) is 0 Å². The first-order valence-electron chi connectivity index (χ1n) is 6.79. The highest BCUT2D eigenvalue weighted by Crippen LogP contribution is 2.18. The number of carbonyl (C=O) groups excluding carboxylic acids is 1. The molecule has 0 bridgehead atoms. The van der Waals surface area contributed by atoms with Crippen molar-refractivity contribution in [3.05, 3.63) is 23.9 Å². The highest BCUT2D eigenvalue weighted by atomic mass is 16.6. The zero-order valence-corrected chi connectivity index (χ0v) is 13.0. The Morgan fingerprint density at radius 2 is 2.25 bits per heavy atom. The van der Waals surface area contributed by atoms with Crippen molar-refractivity contribution in [1.29, 1.82) is 0 Å². The summed E-state index contributed by atoms with van der Waals surface area (Å²) in [7, 11) is 1.77. The first-order valence-corrected chi connectivity index (χ1v) is 6.79. The lowest BCUT2D eigenvalue weighted by Crippen LogP contribution is -2.52. The number of aliphatic hydroxyl groups is 1. The number of aliphatic hydroxyl groups excluding tert-OH is 1. The van der Waals surface area contributed by atoms with Crippen LogP contribution in [-0.2, 0) is 4.74 Å². The van der Waals surface area contributed by atoms with Crippen molar-refractivity contribution in [2.45, 2.75) is 45.8 Å². The Hall–Kier alpha value is -1.46. The molecule has 1 N–H and O–H groups in total. The molecule has 1 heterocycles. The van der Waals surface area contributed by atoms with E-state index in [1.165, 1.54) is 0 Å². The van der Waals surface area contributed by atoms with Crippen LogP contribution in [0.4, 0.5) is 4.79 Å². The Morgan fingerprint density at radius 1 is 1.60 bits per heavy atom. The van der Waals surface area contributed by atoms with Gasteiger partial charge in [0.05, 0.1) is 13.2 Å². The van der Waals surface area contributed by atoms with E-state index in [0.717, 1.165) is 5.57 Å². The van der Waals surface area contributed by atoms with Crippen LogP contribution in [0, 0.1) is 0 Å². The number of amides is 1. The predicted molar refractivity (Wildman–Crippen MR) is 79.3 cm³/mol. The molecule has 0 aliphatic carbocycles. The van der Waals surface area contributed by atoms with Crippen LogP contribution >= 0.6 is 0 Å². The second-order valence-corrected chi connectivity index (χ2v) is 6.36. The smallest absolute Gasteiger partial charge is 0.414 e. The SMILES string of the molecule is CC(O)C/C=C/C1=CN=C[N+](C)(C(=O)OC(C)(C)C)C1. The number of aliphatic imine (C=N–C) groups is 1. The molecular weight excluding hydrogens is 256 g/mol. The monoisotopic (exact) mass is 281 g/mol. The second-order valence-electron chi connectivity index (χ2n) is 6.36. The minimum absolute atomic E-state index is 0.0118. The van der Waals surface area contributed by atoms with Crippen LogP contribution in [0.5, 0.6) is 0 Å². The minimum Gasteiger partial charge on any atom is -0.414 e. The molecule has 2 unspecified atom stereocenters. The number of carbonyl (C=O) groups is 1. The zero-order valence-electron chi connectivity index (χ0n) is 13.0. The molecule has 5 nitrogen and oxygen atoms in total. The number of hydrogen-bond acceptors (Lipinski definition) is 4. The number of ether oxygens (including phenoxy) is 1. The van der Waals surface area contributed by atoms with E-state index in [4.69, 9.17) is 4.74 Å². The fourth-order valence-corrected chi connectivity index (χ4v) is 1.73. The van der Waals surface area contributed by atoms with Gasteiger partial charge in [0.15, 0.2) is 0 Å². The number of rotatable bonds is 3. The molecule has 0 saturated heterocycles. The molecule has 0 radical (unpaired) electrons. The summed E-state index contributed by atoms with van der Waals surface area (Å²) in [6.07, 6.45) is 6.97. The Balaban J connectivity index is 2.72. The third kappa shape index (κ3) is 5.27. The van der Waals surface area contributed by atoms with Gasteiger partial charge in [-0.05, 0) is 34.1 Å². The standard InChI is InChI=1S/C15H25N2O3/c1-12(18)7-6-8-13-9-16-11-17(5,10-13)14(19)20-15(2,3)4/h6,8-9,11-12,18H,7,10H2,1-5H3/q+1/b8-6+. The van der Waals surface area contributed by atoms with E-state index in [0.29, 0.717) is 13.0 Å². The topological polar surface area (TPSA) is 58.9 Å². The molecule has 1 amide bonds. The van der Waals surface area contributed by atoms with Gasteiger partial charge in [-0.2, -0.15) is 9.28 Å². The summed E-state index contributed by atoms with van der Waals surface area (Å²) >= 11 is 0. The van der Waals surface area contributed by atoms with Crippen molar-refractivity contribution in [2.75, 3.05) is 13.6 Å². The van der Waals surface area contributed by atoms with Crippen molar-refractivity contribution in [2.24, 2.45) is 4.99 Å². The van der Waals surface area contributed by atoms with Gasteiger partial charge in [0.2, 0.25) is 6.34 Å². The number of hydrogen-bond donors (Lipinski definition) is 1. The largest absolute Gasteiger partial charge is 0.522 e. The Labute approximate surface area is 120 Å². The lowest BCUT2D eigenvalue weighted by molar-refractivity contribution is -0.734. The normalized spacial score (nSPS) is 24.6. The van der Waals surface area contributed by atoms with Crippen LogP contribution in [0.15, 0.2) is 28.9 Å². The van der Waals surface area contributed by atoms with Crippen LogP contribution in [0.1, 0.15) is 34.1 Å². The molecule has 0 aromatic rings. The van der Waals surface area contributed by atoms with Crippen LogP contribution < -0.4 is 0 Å². The van der Waals surface area contributed by atoms with Gasteiger partial charge in [-0.25, -0.2) is 4.99 Å². The van der Waals surface area contributed by atoms with Crippen LogP contribution in [-0.4, -0.2) is 47.3 Å². The first-order chi connectivity index (χ1) is 9.12. The summed E-state index contributed by atoms with van der Waals surface area (Å²) < 4.78 is 5.41. The van der Waals surface area contributed by atoms with E-state index in [9.17, 15) is 9.90 Å². The van der Waals surface area contributed by atoms with Gasteiger partial charge in [0.25, 0.3) is 0 Å². The summed E-state index contributed by atoms with van der Waals surface area (Å²) in [4.78, 5) is 16.4. The highest BCUT2D eigenvalue weighted by Gasteiger charge is 2.37. The molecule has 0 fully saturated rings. The number of quaternary nitrogens is 1. The van der Waals surface area contributed by atoms with Gasteiger partial charge in [0.1, 0.15) is 12.1 Å². The summed E-state index contributed by atoms with van der Waals surface area (Å²) in [6.45, 7) is 7.76. The molecule has 5 heteroatoms. The molecular formula is C15H25N2O3+. The Bertz CT molecular complexity index is 445. The maximum Gasteiger partial charge on any atom is 0.522 e. The minimum atomic E-state index is -0.518. The third-order valence-electron chi connectivity index (χ3n) is 2.69. The fraction of sp³-hybridized carbons (Fsp3) is 0.600. The van der Waals surface area contributed by atoms with Crippen molar-refractivity contribution in [3.8, 4) is 0 Å². The van der Waals surface area contributed by atoms with Gasteiger partial charge in [-0.1, -0.05) is 12.2 Å². The molecule has 0 spiro atoms.